The van der Waals surface area contributed by atoms with Gasteiger partial charge in [-0.2, -0.15) is 0 Å². The zero-order chi connectivity index (χ0) is 33.4. The lowest BCUT2D eigenvalue weighted by atomic mass is 10.0. The van der Waals surface area contributed by atoms with Crippen LogP contribution in [0.1, 0.15) is 38.1 Å². The SMILES string of the molecule is CC(C)OC(=O)OCOP(=O)(CN(c1c(C=O)ccc2ccccc12)S(=O)(=O)c1cc(Cl)cc(Br)c1)OCOC(=O)OC(C)C. The molecule has 0 heterocycles. The minimum absolute atomic E-state index is 0.0567. The summed E-state index contributed by atoms with van der Waals surface area (Å²) in [6, 6.07) is 13.4. The van der Waals surface area contributed by atoms with Crippen LogP contribution >= 0.6 is 35.1 Å². The summed E-state index contributed by atoms with van der Waals surface area (Å²) in [4.78, 5) is 35.8. The third kappa shape index (κ3) is 10.1. The molecule has 0 unspecified atom stereocenters. The Hall–Kier alpha value is -3.20. The Labute approximate surface area is 273 Å². The van der Waals surface area contributed by atoms with E-state index in [4.69, 9.17) is 39.6 Å². The Morgan fingerprint density at radius 2 is 1.51 bits per heavy atom. The highest BCUT2D eigenvalue weighted by molar-refractivity contribution is 9.10. The average molecular weight is 751 g/mol. The smallest absolute Gasteiger partial charge is 0.432 e. The van der Waals surface area contributed by atoms with Crippen LogP contribution in [0.25, 0.3) is 10.8 Å². The molecule has 0 aliphatic carbocycles. The molecule has 0 fully saturated rings. The molecule has 0 radical (unpaired) electrons. The van der Waals surface area contributed by atoms with E-state index in [-0.39, 0.29) is 21.2 Å². The monoisotopic (exact) mass is 749 g/mol. The van der Waals surface area contributed by atoms with E-state index in [0.29, 0.717) is 25.8 Å². The summed E-state index contributed by atoms with van der Waals surface area (Å²) in [5.74, 6) is 0. The predicted octanol–water partition coefficient (Wildman–Crippen LogP) is 7.49. The fourth-order valence-corrected chi connectivity index (χ4v) is 8.24. The van der Waals surface area contributed by atoms with Crippen LogP contribution in [-0.4, -0.2) is 59.1 Å². The molecule has 0 amide bonds. The summed E-state index contributed by atoms with van der Waals surface area (Å²) in [5.41, 5.74) is -0.245. The highest BCUT2D eigenvalue weighted by Crippen LogP contribution is 2.51. The number of hydrogen-bond acceptors (Lipinski definition) is 12. The Morgan fingerprint density at radius 1 is 0.933 bits per heavy atom. The van der Waals surface area contributed by atoms with Crippen LogP contribution in [0.3, 0.4) is 0 Å². The standard InChI is InChI=1S/C28H30BrClNO12PS/c1-18(2)42-27(33)38-16-40-44(35,41-17-39-28(34)43-19(3)4)15-31(45(36,37)24-12-22(29)11-23(30)13-24)26-21(14-32)10-9-20-7-5-6-8-25(20)26/h5-14,18-19H,15-17H2,1-4H3. The first-order valence-corrected chi connectivity index (χ1v) is 17.5. The van der Waals surface area contributed by atoms with Gasteiger partial charge in [0.05, 0.1) is 22.8 Å². The average Bonchev–Trinajstić information content (AvgIpc) is 2.94. The van der Waals surface area contributed by atoms with Crippen molar-refractivity contribution in [3.8, 4) is 0 Å². The van der Waals surface area contributed by atoms with Crippen LogP contribution in [0.2, 0.25) is 5.02 Å². The summed E-state index contributed by atoms with van der Waals surface area (Å²) in [7, 11) is -9.46. The first-order valence-electron chi connectivity index (χ1n) is 13.2. The number of carbonyl (C=O) groups excluding carboxylic acids is 3. The fraction of sp³-hybridized carbons (Fsp3) is 0.321. The number of hydrogen-bond donors (Lipinski definition) is 0. The number of benzene rings is 3. The van der Waals surface area contributed by atoms with Gasteiger partial charge in [0.25, 0.3) is 10.0 Å². The number of carbonyl (C=O) groups is 3. The highest BCUT2D eigenvalue weighted by Gasteiger charge is 2.38. The number of nitrogens with zero attached hydrogens (tertiary/aromatic N) is 1. The zero-order valence-corrected chi connectivity index (χ0v) is 28.6. The molecule has 3 aromatic rings. The quantitative estimate of drug-likeness (QED) is 0.0692. The van der Waals surface area contributed by atoms with Gasteiger partial charge in [0.2, 0.25) is 13.6 Å². The maximum Gasteiger partial charge on any atom is 0.510 e. The van der Waals surface area contributed by atoms with Gasteiger partial charge < -0.3 is 18.9 Å². The minimum atomic E-state index is -4.75. The van der Waals surface area contributed by atoms with E-state index in [1.165, 1.54) is 18.2 Å². The molecule has 0 bridgehead atoms. The first kappa shape index (κ1) is 36.3. The molecule has 3 rings (SSSR count). The molecule has 0 atom stereocenters. The number of aldehydes is 1. The second kappa shape index (κ2) is 15.9. The number of rotatable bonds is 14. The lowest BCUT2D eigenvalue weighted by Crippen LogP contribution is -2.34. The maximum absolute atomic E-state index is 14.3. The van der Waals surface area contributed by atoms with Crippen LogP contribution < -0.4 is 4.31 Å². The molecule has 0 saturated heterocycles. The van der Waals surface area contributed by atoms with E-state index in [1.54, 1.807) is 58.0 Å². The highest BCUT2D eigenvalue weighted by atomic mass is 79.9. The van der Waals surface area contributed by atoms with E-state index < -0.39 is 62.0 Å². The van der Waals surface area contributed by atoms with Gasteiger partial charge >= 0.3 is 19.9 Å². The number of ether oxygens (including phenoxy) is 4. The van der Waals surface area contributed by atoms with Gasteiger partial charge in [-0.25, -0.2) is 18.0 Å². The molecular weight excluding hydrogens is 721 g/mol. The van der Waals surface area contributed by atoms with Crippen molar-refractivity contribution in [1.82, 2.24) is 0 Å². The molecular formula is C28H30BrClNO12PS. The van der Waals surface area contributed by atoms with Gasteiger partial charge in [0, 0.05) is 20.4 Å². The second-order valence-electron chi connectivity index (χ2n) is 9.67. The van der Waals surface area contributed by atoms with E-state index >= 15 is 0 Å². The van der Waals surface area contributed by atoms with Crippen LogP contribution in [0.15, 0.2) is 64.0 Å². The summed E-state index contributed by atoms with van der Waals surface area (Å²) >= 11 is 9.39. The largest absolute Gasteiger partial charge is 0.510 e. The van der Waals surface area contributed by atoms with E-state index in [0.717, 1.165) is 6.07 Å². The molecule has 0 aromatic heterocycles. The first-order chi connectivity index (χ1) is 21.1. The van der Waals surface area contributed by atoms with Crippen molar-refractivity contribution >= 4 is 80.2 Å². The van der Waals surface area contributed by atoms with Gasteiger partial charge in [-0.1, -0.05) is 57.9 Å². The van der Waals surface area contributed by atoms with E-state index in [9.17, 15) is 27.4 Å². The Morgan fingerprint density at radius 3 is 2.04 bits per heavy atom. The molecule has 13 nitrogen and oxygen atoms in total. The summed E-state index contributed by atoms with van der Waals surface area (Å²) in [5, 5.41) is 0.898. The Bertz CT molecular complexity index is 1650. The molecule has 45 heavy (non-hydrogen) atoms. The van der Waals surface area contributed by atoms with Crippen molar-refractivity contribution in [3.05, 3.63) is 69.7 Å². The summed E-state index contributed by atoms with van der Waals surface area (Å²) < 4.78 is 73.8. The molecule has 0 saturated carbocycles. The molecule has 0 aliphatic heterocycles. The fourth-order valence-electron chi connectivity index (χ4n) is 3.76. The summed E-state index contributed by atoms with van der Waals surface area (Å²) in [6.07, 6.45) is -4.09. The predicted molar refractivity (Wildman–Crippen MR) is 168 cm³/mol. The van der Waals surface area contributed by atoms with Gasteiger partial charge in [-0.05, 0) is 57.3 Å². The minimum Gasteiger partial charge on any atom is -0.432 e. The van der Waals surface area contributed by atoms with E-state index in [1.807, 2.05) is 0 Å². The molecule has 0 aliphatic rings. The van der Waals surface area contributed by atoms with Gasteiger partial charge in [-0.15, -0.1) is 0 Å². The van der Waals surface area contributed by atoms with Crippen molar-refractivity contribution in [2.45, 2.75) is 44.8 Å². The molecule has 3 aromatic carbocycles. The third-order valence-electron chi connectivity index (χ3n) is 5.55. The Kier molecular flexibility index (Phi) is 12.8. The number of halogens is 2. The van der Waals surface area contributed by atoms with E-state index in [2.05, 4.69) is 15.9 Å². The normalized spacial score (nSPS) is 11.8. The molecule has 17 heteroatoms. The van der Waals surface area contributed by atoms with Crippen molar-refractivity contribution in [1.29, 1.82) is 0 Å². The van der Waals surface area contributed by atoms with Crippen molar-refractivity contribution < 1.29 is 55.4 Å². The molecule has 244 valence electrons. The van der Waals surface area contributed by atoms with Gasteiger partial charge in [0.1, 0.15) is 6.29 Å². The van der Waals surface area contributed by atoms with Gasteiger partial charge in [-0.3, -0.25) is 22.7 Å². The number of sulfonamides is 1. The topological polar surface area (TPSA) is 161 Å². The van der Waals surface area contributed by atoms with Gasteiger partial charge in [0.15, 0.2) is 6.29 Å². The second-order valence-corrected chi connectivity index (χ2v) is 14.9. The maximum atomic E-state index is 14.3. The molecule has 0 N–H and O–H groups in total. The van der Waals surface area contributed by atoms with Crippen LogP contribution in [0.4, 0.5) is 15.3 Å². The van der Waals surface area contributed by atoms with Crippen LogP contribution in [0, 0.1) is 0 Å². The third-order valence-corrected chi connectivity index (χ3v) is 9.77. The molecule has 0 spiro atoms. The van der Waals surface area contributed by atoms with Crippen molar-refractivity contribution in [2.75, 3.05) is 24.2 Å². The number of anilines is 1. The van der Waals surface area contributed by atoms with Crippen molar-refractivity contribution in [2.24, 2.45) is 0 Å². The lowest BCUT2D eigenvalue weighted by Gasteiger charge is -2.30. The van der Waals surface area contributed by atoms with Crippen LogP contribution in [-0.2, 0) is 42.6 Å². The number of fused-ring (bicyclic) bond motifs is 1. The van der Waals surface area contributed by atoms with Crippen LogP contribution in [0.5, 0.6) is 0 Å². The Balaban J connectivity index is 2.14. The zero-order valence-electron chi connectivity index (χ0n) is 24.5. The van der Waals surface area contributed by atoms with Crippen molar-refractivity contribution in [3.63, 3.8) is 0 Å². The lowest BCUT2D eigenvalue weighted by molar-refractivity contribution is -0.0301. The summed E-state index contributed by atoms with van der Waals surface area (Å²) in [6.45, 7) is 4.24.